The maximum atomic E-state index is 12.5. The second kappa shape index (κ2) is 7.42. The SMILES string of the molecule is COc1ccc(S(=O)(=O)NC(C)c2cccc(S(N)(=O)=O)c2)cc1Br. The van der Waals surface area contributed by atoms with E-state index < -0.39 is 26.1 Å². The number of rotatable bonds is 6. The number of nitrogens with two attached hydrogens (primary N) is 1. The van der Waals surface area contributed by atoms with Crippen LogP contribution in [0.4, 0.5) is 0 Å². The summed E-state index contributed by atoms with van der Waals surface area (Å²) < 4.78 is 56.0. The number of hydrogen-bond acceptors (Lipinski definition) is 5. The predicted octanol–water partition coefficient (Wildman–Crippen LogP) is 2.14. The van der Waals surface area contributed by atoms with E-state index in [0.29, 0.717) is 15.8 Å². The van der Waals surface area contributed by atoms with Gasteiger partial charge in [0.15, 0.2) is 0 Å². The molecule has 0 saturated heterocycles. The Balaban J connectivity index is 2.30. The fourth-order valence-corrected chi connectivity index (χ4v) is 4.66. The molecule has 0 spiro atoms. The zero-order chi connectivity index (χ0) is 18.8. The molecule has 0 aliphatic rings. The minimum atomic E-state index is -3.87. The highest BCUT2D eigenvalue weighted by molar-refractivity contribution is 9.10. The fourth-order valence-electron chi connectivity index (χ4n) is 2.14. The van der Waals surface area contributed by atoms with E-state index in [-0.39, 0.29) is 9.79 Å². The van der Waals surface area contributed by atoms with Crippen molar-refractivity contribution in [2.75, 3.05) is 7.11 Å². The molecule has 0 amide bonds. The number of sulfonamides is 2. The molecule has 0 aromatic heterocycles. The van der Waals surface area contributed by atoms with E-state index in [9.17, 15) is 16.8 Å². The van der Waals surface area contributed by atoms with Gasteiger partial charge in [0.05, 0.1) is 21.4 Å². The first-order valence-corrected chi connectivity index (χ1v) is 10.9. The van der Waals surface area contributed by atoms with Gasteiger partial charge in [0.1, 0.15) is 5.75 Å². The zero-order valence-electron chi connectivity index (χ0n) is 13.4. The summed E-state index contributed by atoms with van der Waals surface area (Å²) in [6.07, 6.45) is 0. The van der Waals surface area contributed by atoms with Crippen LogP contribution in [0.3, 0.4) is 0 Å². The number of hydrogen-bond donors (Lipinski definition) is 2. The van der Waals surface area contributed by atoms with Crippen LogP contribution in [0.5, 0.6) is 5.75 Å². The molecule has 136 valence electrons. The summed E-state index contributed by atoms with van der Waals surface area (Å²) in [5.74, 6) is 0.507. The van der Waals surface area contributed by atoms with Gasteiger partial charge in [-0.2, -0.15) is 0 Å². The van der Waals surface area contributed by atoms with Crippen LogP contribution < -0.4 is 14.6 Å². The molecule has 0 bridgehead atoms. The summed E-state index contributed by atoms with van der Waals surface area (Å²) in [5.41, 5.74) is 0.475. The minimum Gasteiger partial charge on any atom is -0.496 e. The number of primary sulfonamides is 1. The van der Waals surface area contributed by atoms with Crippen molar-refractivity contribution in [3.63, 3.8) is 0 Å². The number of ether oxygens (including phenoxy) is 1. The minimum absolute atomic E-state index is 0.0506. The molecular weight excluding hydrogens is 432 g/mol. The van der Waals surface area contributed by atoms with Gasteiger partial charge in [-0.05, 0) is 58.7 Å². The summed E-state index contributed by atoms with van der Waals surface area (Å²) in [7, 11) is -6.21. The van der Waals surface area contributed by atoms with E-state index >= 15 is 0 Å². The lowest BCUT2D eigenvalue weighted by molar-refractivity contribution is 0.411. The quantitative estimate of drug-likeness (QED) is 0.701. The summed E-state index contributed by atoms with van der Waals surface area (Å²) >= 11 is 3.24. The maximum absolute atomic E-state index is 12.5. The van der Waals surface area contributed by atoms with Gasteiger partial charge in [-0.3, -0.25) is 0 Å². The van der Waals surface area contributed by atoms with Crippen molar-refractivity contribution < 1.29 is 21.6 Å². The largest absolute Gasteiger partial charge is 0.496 e. The third-order valence-corrected chi connectivity index (χ3v) is 6.52. The van der Waals surface area contributed by atoms with Crippen molar-refractivity contribution in [1.29, 1.82) is 0 Å². The number of methoxy groups -OCH3 is 1. The molecule has 0 aliphatic carbocycles. The number of benzene rings is 2. The zero-order valence-corrected chi connectivity index (χ0v) is 16.7. The van der Waals surface area contributed by atoms with E-state index in [1.807, 2.05) is 0 Å². The Morgan fingerprint density at radius 3 is 2.32 bits per heavy atom. The second-order valence-corrected chi connectivity index (χ2v) is 9.39. The van der Waals surface area contributed by atoms with Gasteiger partial charge < -0.3 is 4.74 Å². The lowest BCUT2D eigenvalue weighted by Crippen LogP contribution is -2.27. The maximum Gasteiger partial charge on any atom is 0.241 e. The van der Waals surface area contributed by atoms with Crippen LogP contribution in [0.15, 0.2) is 56.7 Å². The average molecular weight is 449 g/mol. The molecule has 2 rings (SSSR count). The van der Waals surface area contributed by atoms with Crippen LogP contribution >= 0.6 is 15.9 Å². The molecule has 7 nitrogen and oxygen atoms in total. The highest BCUT2D eigenvalue weighted by Gasteiger charge is 2.20. The highest BCUT2D eigenvalue weighted by atomic mass is 79.9. The Kier molecular flexibility index (Phi) is 5.89. The first-order valence-electron chi connectivity index (χ1n) is 7.03. The van der Waals surface area contributed by atoms with E-state index in [1.165, 1.54) is 43.5 Å². The van der Waals surface area contributed by atoms with Crippen molar-refractivity contribution in [3.05, 3.63) is 52.5 Å². The lowest BCUT2D eigenvalue weighted by Gasteiger charge is -2.16. The summed E-state index contributed by atoms with van der Waals surface area (Å²) in [5, 5.41) is 5.10. The highest BCUT2D eigenvalue weighted by Crippen LogP contribution is 2.28. The van der Waals surface area contributed by atoms with Crippen LogP contribution in [-0.2, 0) is 20.0 Å². The molecule has 10 heteroatoms. The molecular formula is C15H17BrN2O5S2. The van der Waals surface area contributed by atoms with Crippen LogP contribution in [0.25, 0.3) is 0 Å². The topological polar surface area (TPSA) is 116 Å². The van der Waals surface area contributed by atoms with Gasteiger partial charge in [0.25, 0.3) is 0 Å². The first-order chi connectivity index (χ1) is 11.5. The Labute approximate surface area is 155 Å². The monoisotopic (exact) mass is 448 g/mol. The molecule has 0 radical (unpaired) electrons. The Morgan fingerprint density at radius 1 is 1.08 bits per heavy atom. The third-order valence-electron chi connectivity index (χ3n) is 3.45. The lowest BCUT2D eigenvalue weighted by atomic mass is 10.1. The van der Waals surface area contributed by atoms with Gasteiger partial charge >= 0.3 is 0 Å². The van der Waals surface area contributed by atoms with E-state index in [2.05, 4.69) is 20.7 Å². The third kappa shape index (κ3) is 4.79. The van der Waals surface area contributed by atoms with Crippen molar-refractivity contribution in [2.24, 2.45) is 5.14 Å². The van der Waals surface area contributed by atoms with Crippen molar-refractivity contribution >= 4 is 36.0 Å². The molecule has 1 atom stereocenters. The van der Waals surface area contributed by atoms with Gasteiger partial charge in [-0.25, -0.2) is 26.7 Å². The second-order valence-electron chi connectivity index (χ2n) is 5.26. The summed E-state index contributed by atoms with van der Waals surface area (Å²) in [6.45, 7) is 1.61. The molecule has 0 saturated carbocycles. The molecule has 0 aliphatic heterocycles. The van der Waals surface area contributed by atoms with Crippen molar-refractivity contribution in [3.8, 4) is 5.75 Å². The predicted molar refractivity (Wildman–Crippen MR) is 97.2 cm³/mol. The van der Waals surface area contributed by atoms with Crippen LogP contribution in [0.1, 0.15) is 18.5 Å². The molecule has 0 fully saturated rings. The molecule has 0 heterocycles. The van der Waals surface area contributed by atoms with Crippen molar-refractivity contribution in [2.45, 2.75) is 22.8 Å². The summed E-state index contributed by atoms with van der Waals surface area (Å²) in [4.78, 5) is -0.0298. The Bertz CT molecular complexity index is 991. The molecule has 2 aromatic carbocycles. The van der Waals surface area contributed by atoms with Crippen molar-refractivity contribution in [1.82, 2.24) is 4.72 Å². The van der Waals surface area contributed by atoms with Gasteiger partial charge in [0.2, 0.25) is 20.0 Å². The first kappa shape index (κ1) is 19.9. The normalized spacial score (nSPS) is 13.4. The molecule has 3 N–H and O–H groups in total. The smallest absolute Gasteiger partial charge is 0.241 e. The fraction of sp³-hybridized carbons (Fsp3) is 0.200. The molecule has 25 heavy (non-hydrogen) atoms. The molecule has 1 unspecified atom stereocenters. The van der Waals surface area contributed by atoms with Crippen LogP contribution in [0.2, 0.25) is 0 Å². The average Bonchev–Trinajstić information content (AvgIpc) is 2.53. The Hall–Kier alpha value is -1.46. The van der Waals surface area contributed by atoms with Gasteiger partial charge in [0, 0.05) is 6.04 Å². The number of nitrogens with one attached hydrogen (secondary N) is 1. The standard InChI is InChI=1S/C15H17BrN2O5S2/c1-10(11-4-3-5-12(8-11)24(17,19)20)18-25(21,22)13-6-7-15(23-2)14(16)9-13/h3-10,18H,1-2H3,(H2,17,19,20). The van der Waals surface area contributed by atoms with E-state index in [1.54, 1.807) is 13.0 Å². The van der Waals surface area contributed by atoms with E-state index in [0.717, 1.165) is 0 Å². The van der Waals surface area contributed by atoms with Crippen LogP contribution in [-0.4, -0.2) is 23.9 Å². The van der Waals surface area contributed by atoms with E-state index in [4.69, 9.17) is 9.88 Å². The molecule has 2 aromatic rings. The summed E-state index contributed by atoms with van der Waals surface area (Å²) in [6, 6.07) is 9.52. The van der Waals surface area contributed by atoms with Gasteiger partial charge in [-0.1, -0.05) is 12.1 Å². The van der Waals surface area contributed by atoms with Gasteiger partial charge in [-0.15, -0.1) is 0 Å². The van der Waals surface area contributed by atoms with Crippen LogP contribution in [0, 0.1) is 0 Å². The Morgan fingerprint density at radius 2 is 1.76 bits per heavy atom. The number of halogens is 1.